The van der Waals surface area contributed by atoms with Crippen LogP contribution in [0.2, 0.25) is 0 Å². The fourth-order valence-corrected chi connectivity index (χ4v) is 4.08. The zero-order valence-electron chi connectivity index (χ0n) is 16.6. The van der Waals surface area contributed by atoms with E-state index in [1.54, 1.807) is 0 Å². The molecule has 10 N–H and O–H groups in total. The highest BCUT2D eigenvalue weighted by atomic mass is 16.6. The fraction of sp³-hybridized carbons (Fsp3) is 0.250. The number of ketones is 2. The van der Waals surface area contributed by atoms with Crippen molar-refractivity contribution >= 4 is 17.5 Å². The molecule has 14 heteroatoms. The Bertz CT molecular complexity index is 1280. The molecule has 14 nitrogen and oxygen atoms in total. The van der Waals surface area contributed by atoms with Gasteiger partial charge in [-0.2, -0.15) is 0 Å². The van der Waals surface area contributed by atoms with Crippen molar-refractivity contribution in [2.24, 2.45) is 0 Å². The summed E-state index contributed by atoms with van der Waals surface area (Å²) in [6, 6.07) is 0.547. The third-order valence-corrected chi connectivity index (χ3v) is 5.75. The molecule has 2 aromatic rings. The maximum absolute atomic E-state index is 13.2. The third kappa shape index (κ3) is 2.91. The first-order valence-corrected chi connectivity index (χ1v) is 9.41. The summed E-state index contributed by atoms with van der Waals surface area (Å²) in [5.41, 5.74) is -5.80. The summed E-state index contributed by atoms with van der Waals surface area (Å²) in [4.78, 5) is 37.5. The first kappa shape index (κ1) is 23.2. The van der Waals surface area contributed by atoms with E-state index in [-0.39, 0.29) is 0 Å². The van der Waals surface area contributed by atoms with Crippen LogP contribution in [0.5, 0.6) is 28.7 Å². The molecule has 2 aliphatic rings. The Morgan fingerprint density at radius 1 is 0.735 bits per heavy atom. The average Bonchev–Trinajstić information content (AvgIpc) is 2.75. The van der Waals surface area contributed by atoms with Crippen molar-refractivity contribution < 1.29 is 70.2 Å². The Kier molecular flexibility index (Phi) is 5.15. The number of benzene rings is 2. The molecule has 0 saturated carbocycles. The molecule has 1 fully saturated rings. The number of hydrogen-bond donors (Lipinski definition) is 10. The van der Waals surface area contributed by atoms with E-state index in [1.165, 1.54) is 0 Å². The lowest BCUT2D eigenvalue weighted by Gasteiger charge is -2.39. The monoisotopic (exact) mass is 480 g/mol. The number of carboxylic acid groups (broad SMARTS) is 1. The fourth-order valence-electron chi connectivity index (χ4n) is 4.08. The molecule has 1 aliphatic heterocycles. The molecular weight excluding hydrogens is 464 g/mol. The molecule has 34 heavy (non-hydrogen) atoms. The number of hydrogen-bond acceptors (Lipinski definition) is 13. The summed E-state index contributed by atoms with van der Waals surface area (Å²) < 4.78 is 4.90. The maximum Gasteiger partial charge on any atom is 0.343 e. The highest BCUT2D eigenvalue weighted by molar-refractivity contribution is 6.32. The molecule has 0 spiro atoms. The molecule has 0 bridgehead atoms. The largest absolute Gasteiger partial charge is 0.507 e. The molecule has 5 atom stereocenters. The van der Waals surface area contributed by atoms with E-state index < -0.39 is 110 Å². The van der Waals surface area contributed by atoms with E-state index in [1.807, 2.05) is 0 Å². The van der Waals surface area contributed by atoms with Crippen LogP contribution in [0.15, 0.2) is 6.07 Å². The van der Waals surface area contributed by atoms with Crippen molar-refractivity contribution in [2.45, 2.75) is 30.7 Å². The predicted octanol–water partition coefficient (Wildman–Crippen LogP) is -1.84. The Labute approximate surface area is 187 Å². The van der Waals surface area contributed by atoms with Crippen LogP contribution < -0.4 is 0 Å². The van der Waals surface area contributed by atoms with Crippen LogP contribution in [-0.4, -0.2) is 93.2 Å². The molecule has 4 rings (SSSR count). The summed E-state index contributed by atoms with van der Waals surface area (Å²) in [5, 5.41) is 101. The van der Waals surface area contributed by atoms with Crippen molar-refractivity contribution in [1.29, 1.82) is 0 Å². The van der Waals surface area contributed by atoms with Crippen molar-refractivity contribution in [1.82, 2.24) is 0 Å². The minimum Gasteiger partial charge on any atom is -0.507 e. The van der Waals surface area contributed by atoms with Crippen LogP contribution in [0.25, 0.3) is 0 Å². The van der Waals surface area contributed by atoms with E-state index in [0.29, 0.717) is 6.07 Å². The number of carbonyl (C=O) groups is 3. The summed E-state index contributed by atoms with van der Waals surface area (Å²) in [5.74, 6) is -10.9. The van der Waals surface area contributed by atoms with Crippen LogP contribution in [0.4, 0.5) is 0 Å². The van der Waals surface area contributed by atoms with Gasteiger partial charge in [-0.3, -0.25) is 9.59 Å². The number of carboxylic acids is 1. The number of phenolic OH excluding ortho intramolecular Hbond substituents is 3. The Hall–Kier alpha value is -3.95. The average molecular weight is 480 g/mol. The molecular formula is C20H16O14. The SMILES string of the molecule is O=C(O)c1c(O)cc2c(c1O)C(=O)c1c(O)c([C@@H]3O[C@H](O)[C@@H](O)[C@H](O)[C@H]3O)c(O)c(O)c1C2=O. The van der Waals surface area contributed by atoms with Crippen LogP contribution in [0.3, 0.4) is 0 Å². The molecule has 0 unspecified atom stereocenters. The van der Waals surface area contributed by atoms with Crippen molar-refractivity contribution in [3.05, 3.63) is 39.4 Å². The normalized spacial score (nSPS) is 26.2. The van der Waals surface area contributed by atoms with Gasteiger partial charge < -0.3 is 55.8 Å². The summed E-state index contributed by atoms with van der Waals surface area (Å²) in [6.45, 7) is 0. The molecule has 1 aliphatic carbocycles. The minimum absolute atomic E-state index is 0.547. The lowest BCUT2D eigenvalue weighted by atomic mass is 9.79. The number of phenols is 5. The number of rotatable bonds is 2. The van der Waals surface area contributed by atoms with E-state index >= 15 is 0 Å². The first-order chi connectivity index (χ1) is 15.8. The molecule has 0 aromatic heterocycles. The molecule has 180 valence electrons. The topological polar surface area (TPSA) is 263 Å². The maximum atomic E-state index is 13.2. The molecule has 2 aromatic carbocycles. The number of carbonyl (C=O) groups excluding carboxylic acids is 2. The quantitative estimate of drug-likeness (QED) is 0.143. The van der Waals surface area contributed by atoms with Gasteiger partial charge >= 0.3 is 5.97 Å². The number of aromatic carboxylic acids is 1. The number of fused-ring (bicyclic) bond motifs is 2. The van der Waals surface area contributed by atoms with Gasteiger partial charge in [0.05, 0.1) is 22.3 Å². The predicted molar refractivity (Wildman–Crippen MR) is 103 cm³/mol. The Morgan fingerprint density at radius 2 is 1.32 bits per heavy atom. The zero-order valence-corrected chi connectivity index (χ0v) is 16.6. The standard InChI is InChI=1S/C20H16O14/c21-3-1-2-4(10(23)5(3)19(31)32)11(24)7-6(9(2)22)13(26)14(27)8(12(7)25)18-16(29)15(28)17(30)20(33)34-18/h1,15-18,20-21,23,25-30,33H,(H,31,32)/t15-,16-,17+,18+,20+/m1/s1. The summed E-state index contributed by atoms with van der Waals surface area (Å²) >= 11 is 0. The number of aliphatic hydroxyl groups is 4. The lowest BCUT2D eigenvalue weighted by Crippen LogP contribution is -2.54. The van der Waals surface area contributed by atoms with Gasteiger partial charge in [0, 0.05) is 5.56 Å². The van der Waals surface area contributed by atoms with Crippen LogP contribution in [0, 0.1) is 0 Å². The van der Waals surface area contributed by atoms with E-state index in [9.17, 15) is 65.4 Å². The van der Waals surface area contributed by atoms with Crippen LogP contribution in [0.1, 0.15) is 53.9 Å². The van der Waals surface area contributed by atoms with Gasteiger partial charge in [-0.25, -0.2) is 4.79 Å². The molecule has 0 radical (unpaired) electrons. The van der Waals surface area contributed by atoms with Crippen molar-refractivity contribution in [3.63, 3.8) is 0 Å². The van der Waals surface area contributed by atoms with Gasteiger partial charge in [0.1, 0.15) is 47.2 Å². The van der Waals surface area contributed by atoms with E-state index in [0.717, 1.165) is 0 Å². The first-order valence-electron chi connectivity index (χ1n) is 9.41. The van der Waals surface area contributed by atoms with Gasteiger partial charge in [-0.05, 0) is 6.07 Å². The van der Waals surface area contributed by atoms with Gasteiger partial charge in [0.2, 0.25) is 5.78 Å². The molecule has 1 heterocycles. The summed E-state index contributed by atoms with van der Waals surface area (Å²) in [6.07, 6.45) is -10.4. The van der Waals surface area contributed by atoms with Crippen molar-refractivity contribution in [2.75, 3.05) is 0 Å². The number of aliphatic hydroxyl groups excluding tert-OH is 4. The highest BCUT2D eigenvalue weighted by Gasteiger charge is 2.48. The zero-order chi connectivity index (χ0) is 25.4. The van der Waals surface area contributed by atoms with Crippen LogP contribution >= 0.6 is 0 Å². The van der Waals surface area contributed by atoms with Gasteiger partial charge in [0.25, 0.3) is 0 Å². The van der Waals surface area contributed by atoms with Crippen LogP contribution in [-0.2, 0) is 4.74 Å². The number of ether oxygens (including phenoxy) is 1. The second-order valence-electron chi connectivity index (χ2n) is 7.63. The Morgan fingerprint density at radius 3 is 1.91 bits per heavy atom. The van der Waals surface area contributed by atoms with Gasteiger partial charge in [-0.15, -0.1) is 0 Å². The number of aromatic hydroxyl groups is 5. The van der Waals surface area contributed by atoms with Gasteiger partial charge in [-0.1, -0.05) is 0 Å². The van der Waals surface area contributed by atoms with E-state index in [4.69, 9.17) is 4.74 Å². The van der Waals surface area contributed by atoms with Crippen molar-refractivity contribution in [3.8, 4) is 28.7 Å². The smallest absolute Gasteiger partial charge is 0.343 e. The molecule has 1 saturated heterocycles. The Balaban J connectivity index is 2.00. The minimum atomic E-state index is -2.15. The summed E-state index contributed by atoms with van der Waals surface area (Å²) in [7, 11) is 0. The molecule has 0 amide bonds. The lowest BCUT2D eigenvalue weighted by molar-refractivity contribution is -0.284. The second-order valence-corrected chi connectivity index (χ2v) is 7.63. The van der Waals surface area contributed by atoms with E-state index in [2.05, 4.69) is 0 Å². The highest BCUT2D eigenvalue weighted by Crippen LogP contribution is 2.52. The third-order valence-electron chi connectivity index (χ3n) is 5.75. The second kappa shape index (κ2) is 7.54. The van der Waals surface area contributed by atoms with Gasteiger partial charge in [0.15, 0.2) is 23.6 Å².